The van der Waals surface area contributed by atoms with E-state index in [0.717, 1.165) is 4.88 Å². The summed E-state index contributed by atoms with van der Waals surface area (Å²) in [6, 6.07) is 10.7. The molecular weight excluding hydrogens is 354 g/mol. The number of thiophene rings is 1. The summed E-state index contributed by atoms with van der Waals surface area (Å²) < 4.78 is 5.65. The maximum Gasteiger partial charge on any atom is 0.339 e. The largest absolute Gasteiger partial charge is 0.452 e. The highest BCUT2D eigenvalue weighted by molar-refractivity contribution is 9.10. The summed E-state index contributed by atoms with van der Waals surface area (Å²) in [7, 11) is 0. The van der Waals surface area contributed by atoms with Crippen molar-refractivity contribution < 1.29 is 14.3 Å². The fourth-order valence-corrected chi connectivity index (χ4v) is 2.91. The van der Waals surface area contributed by atoms with Crippen LogP contribution in [0.1, 0.15) is 28.2 Å². The Morgan fingerprint density at radius 2 is 2.05 bits per heavy atom. The molecule has 0 saturated carbocycles. The number of hydrogen-bond acceptors (Lipinski definition) is 4. The molecule has 0 aliphatic heterocycles. The van der Waals surface area contributed by atoms with E-state index < -0.39 is 5.97 Å². The number of rotatable bonds is 5. The molecule has 1 N–H and O–H groups in total. The third-order valence-electron chi connectivity index (χ3n) is 2.78. The van der Waals surface area contributed by atoms with Crippen LogP contribution in [0.5, 0.6) is 0 Å². The fourth-order valence-electron chi connectivity index (χ4n) is 1.73. The summed E-state index contributed by atoms with van der Waals surface area (Å²) in [6.45, 7) is 1.59. The average molecular weight is 368 g/mol. The molecule has 0 saturated heterocycles. The Morgan fingerprint density at radius 1 is 1.29 bits per heavy atom. The lowest BCUT2D eigenvalue weighted by molar-refractivity contribution is -0.124. The molecule has 4 nitrogen and oxygen atoms in total. The smallest absolute Gasteiger partial charge is 0.339 e. The molecule has 1 aromatic heterocycles. The monoisotopic (exact) mass is 367 g/mol. The Kier molecular flexibility index (Phi) is 5.52. The van der Waals surface area contributed by atoms with Crippen molar-refractivity contribution in [2.75, 3.05) is 6.61 Å². The van der Waals surface area contributed by atoms with Gasteiger partial charge in [-0.25, -0.2) is 4.79 Å². The van der Waals surface area contributed by atoms with Gasteiger partial charge in [0, 0.05) is 9.35 Å². The van der Waals surface area contributed by atoms with E-state index in [-0.39, 0.29) is 18.6 Å². The van der Waals surface area contributed by atoms with Gasteiger partial charge in [-0.05, 0) is 46.4 Å². The number of carbonyl (C=O) groups excluding carboxylic acids is 2. The van der Waals surface area contributed by atoms with E-state index in [9.17, 15) is 9.59 Å². The molecule has 1 aromatic carbocycles. The summed E-state index contributed by atoms with van der Waals surface area (Å²) in [4.78, 5) is 24.7. The van der Waals surface area contributed by atoms with Crippen LogP contribution in [0.25, 0.3) is 0 Å². The van der Waals surface area contributed by atoms with E-state index in [1.165, 1.54) is 0 Å². The van der Waals surface area contributed by atoms with Gasteiger partial charge in [0.15, 0.2) is 6.61 Å². The Hall–Kier alpha value is -1.66. The molecule has 1 unspecified atom stereocenters. The average Bonchev–Trinajstić information content (AvgIpc) is 2.99. The second-order valence-electron chi connectivity index (χ2n) is 4.36. The minimum atomic E-state index is -0.526. The lowest BCUT2D eigenvalue weighted by Crippen LogP contribution is -2.30. The Labute approximate surface area is 135 Å². The van der Waals surface area contributed by atoms with Crippen LogP contribution in [-0.2, 0) is 9.53 Å². The van der Waals surface area contributed by atoms with E-state index in [1.807, 2.05) is 24.4 Å². The standard InChI is InChI=1S/C15H14BrNO3S/c1-10(13-7-4-8-21-13)17-14(18)9-20-15(19)11-5-2-3-6-12(11)16/h2-8,10H,9H2,1H3,(H,17,18). The van der Waals surface area contributed by atoms with Crippen molar-refractivity contribution in [2.45, 2.75) is 13.0 Å². The molecule has 1 heterocycles. The first kappa shape index (κ1) is 15.7. The van der Waals surface area contributed by atoms with Crippen molar-refractivity contribution in [1.29, 1.82) is 0 Å². The lowest BCUT2D eigenvalue weighted by atomic mass is 10.2. The van der Waals surface area contributed by atoms with Crippen LogP contribution < -0.4 is 5.32 Å². The third kappa shape index (κ3) is 4.41. The molecule has 21 heavy (non-hydrogen) atoms. The maximum absolute atomic E-state index is 11.9. The molecule has 0 spiro atoms. The van der Waals surface area contributed by atoms with Gasteiger partial charge in [-0.15, -0.1) is 11.3 Å². The van der Waals surface area contributed by atoms with Gasteiger partial charge in [-0.3, -0.25) is 4.79 Å². The zero-order chi connectivity index (χ0) is 15.2. The van der Waals surface area contributed by atoms with Crippen LogP contribution >= 0.6 is 27.3 Å². The summed E-state index contributed by atoms with van der Waals surface area (Å²) in [6.07, 6.45) is 0. The van der Waals surface area contributed by atoms with Gasteiger partial charge in [-0.2, -0.15) is 0 Å². The van der Waals surface area contributed by atoms with Gasteiger partial charge in [0.2, 0.25) is 0 Å². The van der Waals surface area contributed by atoms with E-state index in [0.29, 0.717) is 10.0 Å². The number of nitrogens with one attached hydrogen (secondary N) is 1. The number of hydrogen-bond donors (Lipinski definition) is 1. The first-order chi connectivity index (χ1) is 10.1. The number of amides is 1. The fraction of sp³-hybridized carbons (Fsp3) is 0.200. The summed E-state index contributed by atoms with van der Waals surface area (Å²) in [5, 5.41) is 4.74. The van der Waals surface area contributed by atoms with E-state index in [4.69, 9.17) is 4.74 Å². The highest BCUT2D eigenvalue weighted by Crippen LogP contribution is 2.18. The number of benzene rings is 1. The van der Waals surface area contributed by atoms with Gasteiger partial charge in [0.25, 0.3) is 5.91 Å². The van der Waals surface area contributed by atoms with Crippen LogP contribution in [0.3, 0.4) is 0 Å². The van der Waals surface area contributed by atoms with E-state index >= 15 is 0 Å². The van der Waals surface area contributed by atoms with Crippen LogP contribution in [0.4, 0.5) is 0 Å². The predicted molar refractivity (Wildman–Crippen MR) is 85.3 cm³/mol. The number of esters is 1. The topological polar surface area (TPSA) is 55.4 Å². The second kappa shape index (κ2) is 7.38. The molecule has 6 heteroatoms. The van der Waals surface area contributed by atoms with Crippen molar-refractivity contribution in [2.24, 2.45) is 0 Å². The molecule has 0 aliphatic carbocycles. The van der Waals surface area contributed by atoms with Gasteiger partial charge in [0.1, 0.15) is 0 Å². The van der Waals surface area contributed by atoms with Crippen LogP contribution in [0, 0.1) is 0 Å². The Balaban J connectivity index is 1.84. The maximum atomic E-state index is 11.9. The molecule has 2 aromatic rings. The molecule has 1 atom stereocenters. The normalized spacial score (nSPS) is 11.7. The number of ether oxygens (including phenoxy) is 1. The molecule has 0 bridgehead atoms. The number of halogens is 1. The van der Waals surface area contributed by atoms with Crippen LogP contribution in [-0.4, -0.2) is 18.5 Å². The van der Waals surface area contributed by atoms with E-state index in [1.54, 1.807) is 35.6 Å². The molecular formula is C15H14BrNO3S. The molecule has 0 radical (unpaired) electrons. The minimum absolute atomic E-state index is 0.0975. The van der Waals surface area contributed by atoms with Gasteiger partial charge < -0.3 is 10.1 Å². The summed E-state index contributed by atoms with van der Waals surface area (Å²) in [5.41, 5.74) is 0.400. The van der Waals surface area contributed by atoms with Gasteiger partial charge in [0.05, 0.1) is 11.6 Å². The van der Waals surface area contributed by atoms with Crippen molar-refractivity contribution >= 4 is 39.1 Å². The highest BCUT2D eigenvalue weighted by atomic mass is 79.9. The third-order valence-corrected chi connectivity index (χ3v) is 4.52. The number of carbonyl (C=O) groups is 2. The lowest BCUT2D eigenvalue weighted by Gasteiger charge is -2.12. The Morgan fingerprint density at radius 3 is 2.71 bits per heavy atom. The van der Waals surface area contributed by atoms with Crippen LogP contribution in [0.2, 0.25) is 0 Å². The van der Waals surface area contributed by atoms with Crippen molar-refractivity contribution in [3.8, 4) is 0 Å². The van der Waals surface area contributed by atoms with Crippen molar-refractivity contribution in [3.05, 3.63) is 56.7 Å². The highest BCUT2D eigenvalue weighted by Gasteiger charge is 2.15. The molecule has 0 aliphatic rings. The first-order valence-corrected chi connectivity index (χ1v) is 7.99. The molecule has 2 rings (SSSR count). The zero-order valence-corrected chi connectivity index (χ0v) is 13.7. The summed E-state index contributed by atoms with van der Waals surface area (Å²) in [5.74, 6) is -0.849. The van der Waals surface area contributed by atoms with Gasteiger partial charge in [-0.1, -0.05) is 18.2 Å². The van der Waals surface area contributed by atoms with Crippen molar-refractivity contribution in [3.63, 3.8) is 0 Å². The quantitative estimate of drug-likeness (QED) is 0.822. The predicted octanol–water partition coefficient (Wildman–Crippen LogP) is 3.54. The summed E-state index contributed by atoms with van der Waals surface area (Å²) >= 11 is 4.84. The molecule has 110 valence electrons. The Bertz CT molecular complexity index is 628. The first-order valence-electron chi connectivity index (χ1n) is 6.32. The van der Waals surface area contributed by atoms with Gasteiger partial charge >= 0.3 is 5.97 Å². The van der Waals surface area contributed by atoms with Crippen molar-refractivity contribution in [1.82, 2.24) is 5.32 Å². The molecule has 1 amide bonds. The molecule has 0 fully saturated rings. The van der Waals surface area contributed by atoms with E-state index in [2.05, 4.69) is 21.2 Å². The zero-order valence-electron chi connectivity index (χ0n) is 11.3. The SMILES string of the molecule is CC(NC(=O)COC(=O)c1ccccc1Br)c1cccs1. The van der Waals surface area contributed by atoms with Crippen LogP contribution in [0.15, 0.2) is 46.3 Å². The second-order valence-corrected chi connectivity index (χ2v) is 6.19. The minimum Gasteiger partial charge on any atom is -0.452 e.